The van der Waals surface area contributed by atoms with Gasteiger partial charge in [-0.3, -0.25) is 4.79 Å². The first-order chi connectivity index (χ1) is 13.6. The van der Waals surface area contributed by atoms with E-state index in [1.54, 1.807) is 6.92 Å². The Kier molecular flexibility index (Phi) is 9.19. The topological polar surface area (TPSA) is 92.7 Å². The average molecular weight is 466 g/mol. The highest BCUT2D eigenvalue weighted by Crippen LogP contribution is 2.28. The fourth-order valence-corrected chi connectivity index (χ4v) is 4.19. The van der Waals surface area contributed by atoms with E-state index in [9.17, 15) is 26.4 Å². The molecule has 0 aromatic heterocycles. The zero-order valence-electron chi connectivity index (χ0n) is 16.2. The summed E-state index contributed by atoms with van der Waals surface area (Å²) in [5, 5.41) is 11.4. The maximum atomic E-state index is 13.4. The minimum atomic E-state index is -3.79. The van der Waals surface area contributed by atoms with Gasteiger partial charge in [0.2, 0.25) is 0 Å². The Morgan fingerprint density at radius 2 is 1.87 bits per heavy atom. The molecule has 11 heteroatoms. The monoisotopic (exact) mass is 465 g/mol. The molecule has 0 unspecified atom stereocenters. The zero-order valence-corrected chi connectivity index (χ0v) is 18.0. The van der Waals surface area contributed by atoms with Crippen LogP contribution in [0.1, 0.15) is 29.3 Å². The number of sulfone groups is 1. The van der Waals surface area contributed by atoms with Crippen LogP contribution in [0.3, 0.4) is 0 Å². The van der Waals surface area contributed by atoms with Gasteiger partial charge >= 0.3 is 0 Å². The van der Waals surface area contributed by atoms with Gasteiger partial charge in [0.15, 0.2) is 9.84 Å². The Morgan fingerprint density at radius 1 is 1.20 bits per heavy atom. The van der Waals surface area contributed by atoms with Gasteiger partial charge < -0.3 is 15.2 Å². The van der Waals surface area contributed by atoms with E-state index in [0.29, 0.717) is 0 Å². The van der Waals surface area contributed by atoms with Gasteiger partial charge in [-0.15, -0.1) is 0 Å². The first-order valence-corrected chi connectivity index (χ1v) is 10.1. The number of carbonyl (C=O) groups excluding carboxylic acids is 1. The first kappa shape index (κ1) is 25.8. The SMILES string of the molecule is COc1ccc(S(=O)(=O)C[C@@H](C)CO)cc1C(=O)Nc1ccc(F)c(C(F)F)c1.S. The van der Waals surface area contributed by atoms with E-state index in [1.807, 2.05) is 0 Å². The molecule has 2 aromatic rings. The molecule has 0 bridgehead atoms. The number of hydrogen-bond acceptors (Lipinski definition) is 5. The van der Waals surface area contributed by atoms with Crippen molar-refractivity contribution in [2.75, 3.05) is 24.8 Å². The van der Waals surface area contributed by atoms with E-state index >= 15 is 0 Å². The average Bonchev–Trinajstić information content (AvgIpc) is 2.68. The maximum absolute atomic E-state index is 13.4. The Bertz CT molecular complexity index is 1000. The van der Waals surface area contributed by atoms with E-state index in [-0.39, 0.29) is 47.8 Å². The minimum absolute atomic E-state index is 0. The number of methoxy groups -OCH3 is 1. The third-order valence-electron chi connectivity index (χ3n) is 4.08. The van der Waals surface area contributed by atoms with Gasteiger partial charge in [0, 0.05) is 12.3 Å². The van der Waals surface area contributed by atoms with Crippen molar-refractivity contribution in [3.05, 3.63) is 53.3 Å². The Hall–Kier alpha value is -2.24. The number of benzene rings is 2. The molecule has 0 spiro atoms. The van der Waals surface area contributed by atoms with E-state index in [1.165, 1.54) is 19.2 Å². The molecule has 0 aliphatic carbocycles. The van der Waals surface area contributed by atoms with Crippen LogP contribution < -0.4 is 10.1 Å². The predicted octanol–water partition coefficient (Wildman–Crippen LogP) is 3.54. The second kappa shape index (κ2) is 10.7. The molecule has 1 atom stereocenters. The standard InChI is InChI=1S/C19H20F3NO5S.H2S/c1-11(9-24)10-29(26,27)13-4-6-17(28-2)15(8-13)19(25)23-12-3-5-16(20)14(7-12)18(21)22;/h3-8,11,18,24H,9-10H2,1-2H3,(H,23,25);1H2/t11-;/m0./s1. The second-order valence-electron chi connectivity index (χ2n) is 6.42. The molecule has 2 rings (SSSR count). The molecule has 166 valence electrons. The Balaban J connectivity index is 0.00000450. The van der Waals surface area contributed by atoms with Crippen molar-refractivity contribution in [1.82, 2.24) is 0 Å². The summed E-state index contributed by atoms with van der Waals surface area (Å²) >= 11 is 0. The van der Waals surface area contributed by atoms with E-state index in [2.05, 4.69) is 5.32 Å². The van der Waals surface area contributed by atoms with Crippen LogP contribution in [0.5, 0.6) is 5.75 Å². The third-order valence-corrected chi connectivity index (χ3v) is 6.06. The molecule has 30 heavy (non-hydrogen) atoms. The molecule has 0 fully saturated rings. The molecule has 0 radical (unpaired) electrons. The van der Waals surface area contributed by atoms with Crippen LogP contribution in [0.25, 0.3) is 0 Å². The van der Waals surface area contributed by atoms with Crippen LogP contribution in [0.15, 0.2) is 41.3 Å². The number of nitrogens with one attached hydrogen (secondary N) is 1. The number of alkyl halides is 2. The van der Waals surface area contributed by atoms with Gasteiger partial charge in [0.05, 0.1) is 28.9 Å². The third kappa shape index (κ3) is 6.13. The lowest BCUT2D eigenvalue weighted by Gasteiger charge is -2.14. The highest BCUT2D eigenvalue weighted by molar-refractivity contribution is 7.91. The molecule has 0 saturated carbocycles. The summed E-state index contributed by atoms with van der Waals surface area (Å²) in [6.07, 6.45) is -3.07. The lowest BCUT2D eigenvalue weighted by Crippen LogP contribution is -2.18. The molecule has 0 aliphatic rings. The summed E-state index contributed by atoms with van der Waals surface area (Å²) in [4.78, 5) is 12.5. The fourth-order valence-electron chi connectivity index (χ4n) is 2.57. The highest BCUT2D eigenvalue weighted by Gasteiger charge is 2.22. The quantitative estimate of drug-likeness (QED) is 0.622. The van der Waals surface area contributed by atoms with Crippen LogP contribution >= 0.6 is 13.5 Å². The predicted molar refractivity (Wildman–Crippen MR) is 111 cm³/mol. The lowest BCUT2D eigenvalue weighted by atomic mass is 10.1. The van der Waals surface area contributed by atoms with Gasteiger partial charge in [0.1, 0.15) is 11.6 Å². The van der Waals surface area contributed by atoms with Crippen molar-refractivity contribution in [3.8, 4) is 5.75 Å². The summed E-state index contributed by atoms with van der Waals surface area (Å²) < 4.78 is 69.2. The number of carbonyl (C=O) groups is 1. The highest BCUT2D eigenvalue weighted by atomic mass is 32.2. The van der Waals surface area contributed by atoms with Gasteiger partial charge in [0.25, 0.3) is 12.3 Å². The summed E-state index contributed by atoms with van der Waals surface area (Å²) in [7, 11) is -2.51. The first-order valence-electron chi connectivity index (χ1n) is 8.49. The van der Waals surface area contributed by atoms with Crippen molar-refractivity contribution in [1.29, 1.82) is 0 Å². The molecular formula is C19H22F3NO5S2. The maximum Gasteiger partial charge on any atom is 0.266 e. The molecular weight excluding hydrogens is 443 g/mol. The van der Waals surface area contributed by atoms with Gasteiger partial charge in [-0.2, -0.15) is 13.5 Å². The smallest absolute Gasteiger partial charge is 0.266 e. The van der Waals surface area contributed by atoms with Crippen molar-refractivity contribution in [2.24, 2.45) is 5.92 Å². The molecule has 1 amide bonds. The number of aliphatic hydroxyl groups excluding tert-OH is 1. The number of anilines is 1. The Labute approximate surface area is 179 Å². The second-order valence-corrected chi connectivity index (χ2v) is 8.46. The van der Waals surface area contributed by atoms with Gasteiger partial charge in [-0.05, 0) is 42.3 Å². The summed E-state index contributed by atoms with van der Waals surface area (Å²) in [5.74, 6) is -2.70. The molecule has 6 nitrogen and oxygen atoms in total. The number of rotatable bonds is 8. The zero-order chi connectivity index (χ0) is 21.8. The van der Waals surface area contributed by atoms with E-state index < -0.39 is 39.5 Å². The minimum Gasteiger partial charge on any atom is -0.496 e. The number of ether oxygens (including phenoxy) is 1. The van der Waals surface area contributed by atoms with Crippen molar-refractivity contribution in [2.45, 2.75) is 18.2 Å². The summed E-state index contributed by atoms with van der Waals surface area (Å²) in [6.45, 7) is 1.24. The van der Waals surface area contributed by atoms with Gasteiger partial charge in [-0.1, -0.05) is 6.92 Å². The van der Waals surface area contributed by atoms with Crippen LogP contribution in [0, 0.1) is 11.7 Å². The molecule has 0 aliphatic heterocycles. The summed E-state index contributed by atoms with van der Waals surface area (Å²) in [5.41, 5.74) is -1.10. The Morgan fingerprint density at radius 3 is 2.43 bits per heavy atom. The van der Waals surface area contributed by atoms with Gasteiger partial charge in [-0.25, -0.2) is 21.6 Å². The number of halogens is 3. The molecule has 0 saturated heterocycles. The van der Waals surface area contributed by atoms with Crippen LogP contribution in [-0.4, -0.2) is 38.9 Å². The molecule has 2 N–H and O–H groups in total. The molecule has 0 heterocycles. The normalized spacial score (nSPS) is 12.2. The lowest BCUT2D eigenvalue weighted by molar-refractivity contribution is 0.102. The van der Waals surface area contributed by atoms with E-state index in [4.69, 9.17) is 9.84 Å². The largest absolute Gasteiger partial charge is 0.496 e. The van der Waals surface area contributed by atoms with Crippen LogP contribution in [-0.2, 0) is 9.84 Å². The molecule has 2 aromatic carbocycles. The van der Waals surface area contributed by atoms with Crippen molar-refractivity contribution in [3.63, 3.8) is 0 Å². The fraction of sp³-hybridized carbons (Fsp3) is 0.316. The number of aliphatic hydroxyl groups is 1. The van der Waals surface area contributed by atoms with Crippen molar-refractivity contribution < 1.29 is 36.2 Å². The van der Waals surface area contributed by atoms with Crippen LogP contribution in [0.4, 0.5) is 18.9 Å². The number of amides is 1. The van der Waals surface area contributed by atoms with Crippen LogP contribution in [0.2, 0.25) is 0 Å². The summed E-state index contributed by atoms with van der Waals surface area (Å²) in [6, 6.07) is 6.36. The van der Waals surface area contributed by atoms with Crippen molar-refractivity contribution >= 4 is 34.9 Å². The number of hydrogen-bond donors (Lipinski definition) is 2. The van der Waals surface area contributed by atoms with E-state index in [0.717, 1.165) is 24.3 Å².